The Hall–Kier alpha value is -2.37. The van der Waals surface area contributed by atoms with Gasteiger partial charge in [0.2, 0.25) is 0 Å². The Bertz CT molecular complexity index is 438. The molecular weight excluding hydrogens is 236 g/mol. The molecule has 0 fully saturated rings. The number of esters is 2. The van der Waals surface area contributed by atoms with Crippen LogP contribution in [0.4, 0.5) is 5.82 Å². The Labute approximate surface area is 105 Å². The van der Waals surface area contributed by atoms with Gasteiger partial charge in [-0.1, -0.05) is 6.07 Å². The number of hydrogen-bond donors (Lipinski definition) is 0. The molecule has 0 aliphatic rings. The molecule has 1 aromatic rings. The molecule has 0 unspecified atom stereocenters. The lowest BCUT2D eigenvalue weighted by Crippen LogP contribution is -2.21. The molecule has 6 nitrogen and oxygen atoms in total. The van der Waals surface area contributed by atoms with E-state index in [2.05, 4.69) is 14.5 Å². The lowest BCUT2D eigenvalue weighted by atomic mass is 10.3. The molecule has 0 atom stereocenters. The maximum absolute atomic E-state index is 11.4. The van der Waals surface area contributed by atoms with E-state index >= 15 is 0 Å². The van der Waals surface area contributed by atoms with Crippen LogP contribution in [0.25, 0.3) is 0 Å². The molecule has 0 N–H and O–H groups in total. The van der Waals surface area contributed by atoms with Crippen molar-refractivity contribution < 1.29 is 19.1 Å². The molecular formula is C12H14N2O4. The lowest BCUT2D eigenvalue weighted by molar-refractivity contribution is -0.144. The van der Waals surface area contributed by atoms with E-state index in [1.54, 1.807) is 31.4 Å². The highest BCUT2D eigenvalue weighted by Crippen LogP contribution is 2.10. The van der Waals surface area contributed by atoms with E-state index < -0.39 is 11.9 Å². The molecule has 0 saturated heterocycles. The molecule has 96 valence electrons. The maximum atomic E-state index is 11.4. The Kier molecular flexibility index (Phi) is 4.86. The Morgan fingerprint density at radius 2 is 1.83 bits per heavy atom. The van der Waals surface area contributed by atoms with Crippen LogP contribution in [0.2, 0.25) is 0 Å². The predicted octanol–water partition coefficient (Wildman–Crippen LogP) is 0.748. The molecule has 0 aliphatic carbocycles. The summed E-state index contributed by atoms with van der Waals surface area (Å²) in [5.74, 6) is -0.933. The third-order valence-electron chi connectivity index (χ3n) is 2.14. The van der Waals surface area contributed by atoms with Gasteiger partial charge < -0.3 is 14.4 Å². The smallest absolute Gasteiger partial charge is 0.346 e. The van der Waals surface area contributed by atoms with Crippen LogP contribution < -0.4 is 4.90 Å². The van der Waals surface area contributed by atoms with Crippen LogP contribution in [-0.4, -0.2) is 38.2 Å². The summed E-state index contributed by atoms with van der Waals surface area (Å²) >= 11 is 0. The van der Waals surface area contributed by atoms with Crippen LogP contribution in [0.15, 0.2) is 36.2 Å². The highest BCUT2D eigenvalue weighted by atomic mass is 16.5. The van der Waals surface area contributed by atoms with Crippen molar-refractivity contribution in [1.82, 2.24) is 4.98 Å². The summed E-state index contributed by atoms with van der Waals surface area (Å²) in [4.78, 5) is 28.5. The zero-order chi connectivity index (χ0) is 13.5. The molecule has 0 radical (unpaired) electrons. The van der Waals surface area contributed by atoms with E-state index in [0.717, 1.165) is 0 Å². The minimum atomic E-state index is -0.760. The van der Waals surface area contributed by atoms with Crippen molar-refractivity contribution >= 4 is 17.8 Å². The van der Waals surface area contributed by atoms with Gasteiger partial charge in [-0.3, -0.25) is 0 Å². The van der Waals surface area contributed by atoms with Crippen LogP contribution in [0.5, 0.6) is 0 Å². The molecule has 1 heterocycles. The molecule has 18 heavy (non-hydrogen) atoms. The summed E-state index contributed by atoms with van der Waals surface area (Å²) in [7, 11) is 4.05. The fraction of sp³-hybridized carbons (Fsp3) is 0.250. The number of hydrogen-bond acceptors (Lipinski definition) is 6. The summed E-state index contributed by atoms with van der Waals surface area (Å²) in [5.41, 5.74) is -0.201. The van der Waals surface area contributed by atoms with Crippen LogP contribution in [0, 0.1) is 0 Å². The van der Waals surface area contributed by atoms with Crippen molar-refractivity contribution in [3.8, 4) is 0 Å². The number of carbonyl (C=O) groups excluding carboxylic acids is 2. The maximum Gasteiger partial charge on any atom is 0.346 e. The summed E-state index contributed by atoms with van der Waals surface area (Å²) in [5, 5.41) is 0. The SMILES string of the molecule is COC(=O)C(=CN(C)c1ccccn1)C(=O)OC. The van der Waals surface area contributed by atoms with Gasteiger partial charge in [0, 0.05) is 19.4 Å². The number of methoxy groups -OCH3 is 2. The van der Waals surface area contributed by atoms with E-state index in [9.17, 15) is 9.59 Å². The van der Waals surface area contributed by atoms with Crippen molar-refractivity contribution in [2.24, 2.45) is 0 Å². The minimum absolute atomic E-state index is 0.201. The van der Waals surface area contributed by atoms with Crippen molar-refractivity contribution in [2.75, 3.05) is 26.2 Å². The average molecular weight is 250 g/mol. The van der Waals surface area contributed by atoms with Crippen LogP contribution in [-0.2, 0) is 19.1 Å². The van der Waals surface area contributed by atoms with Crippen LogP contribution >= 0.6 is 0 Å². The van der Waals surface area contributed by atoms with Crippen LogP contribution in [0.1, 0.15) is 0 Å². The van der Waals surface area contributed by atoms with Crippen molar-refractivity contribution in [1.29, 1.82) is 0 Å². The van der Waals surface area contributed by atoms with Gasteiger partial charge in [-0.15, -0.1) is 0 Å². The van der Waals surface area contributed by atoms with Crippen molar-refractivity contribution in [3.63, 3.8) is 0 Å². The first-order chi connectivity index (χ1) is 8.60. The molecule has 0 aromatic carbocycles. The molecule has 6 heteroatoms. The monoisotopic (exact) mass is 250 g/mol. The van der Waals surface area contributed by atoms with Crippen molar-refractivity contribution in [3.05, 3.63) is 36.2 Å². The Balaban J connectivity index is 3.02. The number of pyridine rings is 1. The van der Waals surface area contributed by atoms with Gasteiger partial charge in [-0.25, -0.2) is 14.6 Å². The Morgan fingerprint density at radius 3 is 2.28 bits per heavy atom. The van der Waals surface area contributed by atoms with E-state index in [-0.39, 0.29) is 5.57 Å². The van der Waals surface area contributed by atoms with Gasteiger partial charge in [0.1, 0.15) is 5.82 Å². The standard InChI is InChI=1S/C12H14N2O4/c1-14(10-6-4-5-7-13-10)8-9(11(15)17-2)12(16)18-3/h4-8H,1-3H3. The van der Waals surface area contributed by atoms with Crippen LogP contribution in [0.3, 0.4) is 0 Å². The highest BCUT2D eigenvalue weighted by molar-refractivity contribution is 6.14. The molecule has 1 rings (SSSR count). The van der Waals surface area contributed by atoms with Gasteiger partial charge in [-0.05, 0) is 12.1 Å². The third-order valence-corrected chi connectivity index (χ3v) is 2.14. The second kappa shape index (κ2) is 6.39. The average Bonchev–Trinajstić information content (AvgIpc) is 2.43. The van der Waals surface area contributed by atoms with Crippen molar-refractivity contribution in [2.45, 2.75) is 0 Å². The third kappa shape index (κ3) is 3.31. The second-order valence-electron chi connectivity index (χ2n) is 3.32. The largest absolute Gasteiger partial charge is 0.465 e. The molecule has 0 spiro atoms. The first kappa shape index (κ1) is 13.7. The summed E-state index contributed by atoms with van der Waals surface area (Å²) < 4.78 is 9.03. The normalized spacial score (nSPS) is 9.28. The van der Waals surface area contributed by atoms with E-state index in [4.69, 9.17) is 0 Å². The highest BCUT2D eigenvalue weighted by Gasteiger charge is 2.20. The van der Waals surface area contributed by atoms with E-state index in [0.29, 0.717) is 5.82 Å². The number of aromatic nitrogens is 1. The summed E-state index contributed by atoms with van der Waals surface area (Å²) in [6.07, 6.45) is 2.93. The van der Waals surface area contributed by atoms with Gasteiger partial charge in [0.05, 0.1) is 14.2 Å². The fourth-order valence-electron chi connectivity index (χ4n) is 1.23. The Morgan fingerprint density at radius 1 is 1.22 bits per heavy atom. The predicted molar refractivity (Wildman–Crippen MR) is 64.8 cm³/mol. The summed E-state index contributed by atoms with van der Waals surface area (Å²) in [6, 6.07) is 5.30. The van der Waals surface area contributed by atoms with E-state index in [1.807, 2.05) is 0 Å². The molecule has 0 saturated carbocycles. The van der Waals surface area contributed by atoms with Gasteiger partial charge in [-0.2, -0.15) is 0 Å². The first-order valence-corrected chi connectivity index (χ1v) is 5.12. The molecule has 0 bridgehead atoms. The zero-order valence-electron chi connectivity index (χ0n) is 10.4. The number of anilines is 1. The zero-order valence-corrected chi connectivity index (χ0v) is 10.4. The van der Waals surface area contributed by atoms with Gasteiger partial charge in [0.25, 0.3) is 0 Å². The minimum Gasteiger partial charge on any atom is -0.465 e. The number of nitrogens with zero attached hydrogens (tertiary/aromatic N) is 2. The molecule has 1 aromatic heterocycles. The lowest BCUT2D eigenvalue weighted by Gasteiger charge is -2.14. The number of carbonyl (C=O) groups is 2. The second-order valence-corrected chi connectivity index (χ2v) is 3.32. The topological polar surface area (TPSA) is 68.7 Å². The van der Waals surface area contributed by atoms with Gasteiger partial charge >= 0.3 is 11.9 Å². The summed E-state index contributed by atoms with van der Waals surface area (Å²) in [6.45, 7) is 0. The molecule has 0 aliphatic heterocycles. The number of ether oxygens (including phenoxy) is 2. The molecule has 0 amide bonds. The fourth-order valence-corrected chi connectivity index (χ4v) is 1.23. The first-order valence-electron chi connectivity index (χ1n) is 5.12. The van der Waals surface area contributed by atoms with Gasteiger partial charge in [0.15, 0.2) is 5.57 Å². The van der Waals surface area contributed by atoms with E-state index in [1.165, 1.54) is 25.3 Å². The quantitative estimate of drug-likeness (QED) is 0.340. The number of rotatable bonds is 4.